The Kier molecular flexibility index (Phi) is 8.10. The van der Waals surface area contributed by atoms with Crippen molar-refractivity contribution >= 4 is 11.9 Å². The first-order valence-corrected chi connectivity index (χ1v) is 11.8. The van der Waals surface area contributed by atoms with Crippen LogP contribution in [0.15, 0.2) is 48.5 Å². The highest BCUT2D eigenvalue weighted by molar-refractivity contribution is 5.83. The van der Waals surface area contributed by atoms with Gasteiger partial charge in [-0.1, -0.05) is 30.3 Å². The summed E-state index contributed by atoms with van der Waals surface area (Å²) in [6.45, 7) is 0.969. The molecule has 4 rings (SSSR count). The molecule has 3 amide bonds. The maximum atomic E-state index is 13.3. The number of halogens is 3. The number of carbonyl (C=O) groups is 2. The Balaban J connectivity index is 1.54. The monoisotopic (exact) mass is 532 g/mol. The van der Waals surface area contributed by atoms with Crippen LogP contribution in [0.5, 0.6) is 5.75 Å². The van der Waals surface area contributed by atoms with E-state index < -0.39 is 18.0 Å². The fraction of sp³-hybridized carbons (Fsp3) is 0.375. The van der Waals surface area contributed by atoms with Crippen LogP contribution in [0.1, 0.15) is 29.3 Å². The molecule has 2 aromatic carbocycles. The average molecular weight is 533 g/mol. The minimum atomic E-state index is -4.72. The van der Waals surface area contributed by atoms with E-state index in [-0.39, 0.29) is 36.6 Å². The molecule has 2 heterocycles. The molecule has 0 bridgehead atoms. The highest BCUT2D eigenvalue weighted by Gasteiger charge is 2.38. The zero-order valence-corrected chi connectivity index (χ0v) is 20.5. The Morgan fingerprint density at radius 3 is 2.63 bits per heavy atom. The number of nitrogens with zero attached hydrogens (tertiary/aromatic N) is 5. The van der Waals surface area contributed by atoms with Crippen molar-refractivity contribution < 1.29 is 27.5 Å². The summed E-state index contributed by atoms with van der Waals surface area (Å²) in [5, 5.41) is 15.6. The number of aromatic nitrogens is 4. The molecule has 2 atom stereocenters. The van der Waals surface area contributed by atoms with Crippen LogP contribution in [-0.2, 0) is 17.5 Å². The maximum absolute atomic E-state index is 13.3. The molecule has 0 saturated carbocycles. The number of hydrogen-bond donors (Lipinski definition) is 3. The topological polar surface area (TPSA) is 140 Å². The van der Waals surface area contributed by atoms with Crippen molar-refractivity contribution in [3.05, 3.63) is 65.5 Å². The number of methoxy groups -OCH3 is 1. The van der Waals surface area contributed by atoms with Gasteiger partial charge >= 0.3 is 12.2 Å². The summed E-state index contributed by atoms with van der Waals surface area (Å²) in [7, 11) is 1.48. The highest BCUT2D eigenvalue weighted by atomic mass is 19.4. The van der Waals surface area contributed by atoms with E-state index in [0.29, 0.717) is 35.5 Å². The van der Waals surface area contributed by atoms with Crippen molar-refractivity contribution in [2.45, 2.75) is 31.1 Å². The van der Waals surface area contributed by atoms with Gasteiger partial charge in [-0.05, 0) is 40.6 Å². The van der Waals surface area contributed by atoms with Gasteiger partial charge in [-0.25, -0.2) is 4.79 Å². The third kappa shape index (κ3) is 6.19. The number of hydrogen-bond acceptors (Lipinski definition) is 7. The summed E-state index contributed by atoms with van der Waals surface area (Å²) in [4.78, 5) is 25.3. The Labute approximate surface area is 216 Å². The number of rotatable bonds is 8. The van der Waals surface area contributed by atoms with E-state index in [1.807, 2.05) is 30.3 Å². The van der Waals surface area contributed by atoms with E-state index in [1.165, 1.54) is 13.2 Å². The molecule has 3 aromatic rings. The Morgan fingerprint density at radius 2 is 1.95 bits per heavy atom. The predicted molar refractivity (Wildman–Crippen MR) is 129 cm³/mol. The molecular weight excluding hydrogens is 505 g/mol. The summed E-state index contributed by atoms with van der Waals surface area (Å²) in [6.07, 6.45) is -4.11. The van der Waals surface area contributed by atoms with E-state index in [9.17, 15) is 22.8 Å². The van der Waals surface area contributed by atoms with Crippen LogP contribution in [0.25, 0.3) is 5.69 Å². The minimum Gasteiger partial charge on any atom is -0.496 e. The normalized spacial score (nSPS) is 17.7. The van der Waals surface area contributed by atoms with Crippen LogP contribution in [0.4, 0.5) is 18.0 Å². The van der Waals surface area contributed by atoms with Crippen LogP contribution in [0, 0.1) is 0 Å². The van der Waals surface area contributed by atoms with E-state index in [2.05, 4.69) is 26.2 Å². The molecule has 38 heavy (non-hydrogen) atoms. The lowest BCUT2D eigenvalue weighted by Gasteiger charge is -2.39. The average Bonchev–Trinajstić information content (AvgIpc) is 3.42. The molecule has 14 heteroatoms. The van der Waals surface area contributed by atoms with Crippen molar-refractivity contribution in [2.75, 3.05) is 26.7 Å². The van der Waals surface area contributed by atoms with Crippen molar-refractivity contribution in [1.29, 1.82) is 0 Å². The van der Waals surface area contributed by atoms with E-state index in [1.54, 1.807) is 17.0 Å². The second-order valence-corrected chi connectivity index (χ2v) is 8.76. The van der Waals surface area contributed by atoms with Crippen LogP contribution < -0.4 is 21.1 Å². The van der Waals surface area contributed by atoms with Gasteiger partial charge in [-0.3, -0.25) is 4.79 Å². The molecule has 1 aliphatic heterocycles. The Bertz CT molecular complexity index is 1270. The van der Waals surface area contributed by atoms with Gasteiger partial charge < -0.3 is 26.0 Å². The quantitative estimate of drug-likeness (QED) is 0.402. The second-order valence-electron chi connectivity index (χ2n) is 8.76. The molecule has 202 valence electrons. The van der Waals surface area contributed by atoms with Crippen molar-refractivity contribution in [3.63, 3.8) is 0 Å². The van der Waals surface area contributed by atoms with Crippen LogP contribution in [-0.4, -0.2) is 69.8 Å². The minimum absolute atomic E-state index is 0.0577. The van der Waals surface area contributed by atoms with E-state index in [0.717, 1.165) is 5.56 Å². The standard InChI is InChI=1S/C24H27F3N8O3/c1-38-20-8-7-17(35-22(24(25,26)27)31-32-33-35)11-16(20)12-29-19-9-10-34(21(36)13-30-23(28)37)14-18(19)15-5-3-2-4-6-15/h2-8,11,18-19,29H,9-10,12-14H2,1H3,(H3,28,30,37). The van der Waals surface area contributed by atoms with Gasteiger partial charge in [0.2, 0.25) is 5.91 Å². The molecule has 11 nitrogen and oxygen atoms in total. The Hall–Kier alpha value is -4.20. The van der Waals surface area contributed by atoms with Gasteiger partial charge in [0.1, 0.15) is 5.75 Å². The van der Waals surface area contributed by atoms with Crippen LogP contribution in [0.3, 0.4) is 0 Å². The lowest BCUT2D eigenvalue weighted by molar-refractivity contribution is -0.146. The van der Waals surface area contributed by atoms with Gasteiger partial charge in [0.25, 0.3) is 5.82 Å². The van der Waals surface area contributed by atoms with E-state index >= 15 is 0 Å². The lowest BCUT2D eigenvalue weighted by atomic mass is 9.85. The molecule has 0 radical (unpaired) electrons. The molecule has 0 aliphatic carbocycles. The molecule has 1 fully saturated rings. The van der Waals surface area contributed by atoms with Crippen LogP contribution in [0.2, 0.25) is 0 Å². The SMILES string of the molecule is COc1ccc(-n2nnnc2C(F)(F)F)cc1CNC1CCN(C(=O)CNC(N)=O)CC1c1ccccc1. The molecule has 2 unspecified atom stereocenters. The number of piperidine rings is 1. The number of ether oxygens (including phenoxy) is 1. The van der Waals surface area contributed by atoms with Gasteiger partial charge in [-0.15, -0.1) is 5.10 Å². The maximum Gasteiger partial charge on any atom is 0.453 e. The summed E-state index contributed by atoms with van der Waals surface area (Å²) in [5.41, 5.74) is 6.87. The van der Waals surface area contributed by atoms with Crippen molar-refractivity contribution in [3.8, 4) is 11.4 Å². The number of carbonyl (C=O) groups excluding carboxylic acids is 2. The zero-order valence-electron chi connectivity index (χ0n) is 20.5. The third-order valence-electron chi connectivity index (χ3n) is 6.39. The number of primary amides is 1. The zero-order chi connectivity index (χ0) is 27.3. The first-order chi connectivity index (χ1) is 18.2. The molecule has 4 N–H and O–H groups in total. The van der Waals surface area contributed by atoms with Crippen molar-refractivity contribution in [2.24, 2.45) is 5.73 Å². The highest BCUT2D eigenvalue weighted by Crippen LogP contribution is 2.31. The molecule has 1 aromatic heterocycles. The van der Waals surface area contributed by atoms with Gasteiger partial charge in [0, 0.05) is 37.2 Å². The summed E-state index contributed by atoms with van der Waals surface area (Å²) in [6, 6.07) is 13.4. The largest absolute Gasteiger partial charge is 0.496 e. The molecular formula is C24H27F3N8O3. The number of likely N-dealkylation sites (tertiary alicyclic amines) is 1. The van der Waals surface area contributed by atoms with Crippen molar-refractivity contribution in [1.82, 2.24) is 35.7 Å². The lowest BCUT2D eigenvalue weighted by Crippen LogP contribution is -2.52. The number of nitrogens with one attached hydrogen (secondary N) is 2. The summed E-state index contributed by atoms with van der Waals surface area (Å²) < 4.78 is 46.1. The fourth-order valence-corrected chi connectivity index (χ4v) is 4.55. The Morgan fingerprint density at radius 1 is 1.18 bits per heavy atom. The molecule has 1 aliphatic rings. The number of amides is 3. The summed E-state index contributed by atoms with van der Waals surface area (Å²) >= 11 is 0. The molecule has 0 spiro atoms. The number of tetrazole rings is 1. The van der Waals surface area contributed by atoms with Gasteiger partial charge in [-0.2, -0.15) is 17.9 Å². The number of nitrogens with two attached hydrogens (primary N) is 1. The van der Waals surface area contributed by atoms with E-state index in [4.69, 9.17) is 10.5 Å². The van der Waals surface area contributed by atoms with Crippen LogP contribution >= 0.6 is 0 Å². The summed E-state index contributed by atoms with van der Waals surface area (Å²) in [5.74, 6) is -1.05. The number of urea groups is 1. The number of benzene rings is 2. The third-order valence-corrected chi connectivity index (χ3v) is 6.39. The first-order valence-electron chi connectivity index (χ1n) is 11.8. The number of alkyl halides is 3. The van der Waals surface area contributed by atoms with Gasteiger partial charge in [0.15, 0.2) is 0 Å². The van der Waals surface area contributed by atoms with Gasteiger partial charge in [0.05, 0.1) is 19.3 Å². The fourth-order valence-electron chi connectivity index (χ4n) is 4.55. The second kappa shape index (κ2) is 11.5. The predicted octanol–water partition coefficient (Wildman–Crippen LogP) is 1.83. The smallest absolute Gasteiger partial charge is 0.453 e. The first kappa shape index (κ1) is 26.9. The molecule has 1 saturated heterocycles.